The molecule has 2 heteroatoms. The maximum absolute atomic E-state index is 9.23. The molecule has 0 saturated carbocycles. The molecule has 0 aliphatic heterocycles. The van der Waals surface area contributed by atoms with Crippen LogP contribution in [0.5, 0.6) is 0 Å². The Morgan fingerprint density at radius 2 is 2.07 bits per heavy atom. The third-order valence-corrected chi connectivity index (χ3v) is 3.03. The summed E-state index contributed by atoms with van der Waals surface area (Å²) in [7, 11) is 0. The summed E-state index contributed by atoms with van der Waals surface area (Å²) in [5, 5.41) is 9.23. The second-order valence-corrected chi connectivity index (χ2v) is 4.28. The van der Waals surface area contributed by atoms with Crippen molar-refractivity contribution in [2.24, 2.45) is 0 Å². The van der Waals surface area contributed by atoms with E-state index < -0.39 is 0 Å². The summed E-state index contributed by atoms with van der Waals surface area (Å²) < 4.78 is 0. The van der Waals surface area contributed by atoms with E-state index in [-0.39, 0.29) is 6.10 Å². The van der Waals surface area contributed by atoms with E-state index in [0.29, 0.717) is 0 Å². The zero-order chi connectivity index (χ0) is 10.2. The highest BCUT2D eigenvalue weighted by Gasteiger charge is 1.98. The van der Waals surface area contributed by atoms with Gasteiger partial charge in [-0.15, -0.1) is 18.3 Å². The molecule has 1 N–H and O–H groups in total. The van der Waals surface area contributed by atoms with E-state index in [1.165, 1.54) is 4.90 Å². The molecule has 0 radical (unpaired) electrons. The van der Waals surface area contributed by atoms with E-state index in [1.54, 1.807) is 6.08 Å². The minimum absolute atomic E-state index is 0.341. The van der Waals surface area contributed by atoms with E-state index in [2.05, 4.69) is 18.7 Å². The van der Waals surface area contributed by atoms with Crippen LogP contribution in [0.3, 0.4) is 0 Å². The van der Waals surface area contributed by atoms with Crippen LogP contribution in [-0.2, 0) is 0 Å². The van der Waals surface area contributed by atoms with Gasteiger partial charge in [-0.1, -0.05) is 24.3 Å². The molecule has 1 atom stereocenters. The molecule has 1 aromatic rings. The van der Waals surface area contributed by atoms with Crippen molar-refractivity contribution >= 4 is 11.8 Å². The van der Waals surface area contributed by atoms with Crippen molar-refractivity contribution in [1.82, 2.24) is 0 Å². The van der Waals surface area contributed by atoms with Crippen molar-refractivity contribution in [2.75, 3.05) is 5.75 Å². The summed E-state index contributed by atoms with van der Waals surface area (Å²) in [5.74, 6) is 1.05. The fourth-order valence-corrected chi connectivity index (χ4v) is 2.01. The lowest BCUT2D eigenvalue weighted by atomic mass is 10.2. The lowest BCUT2D eigenvalue weighted by Crippen LogP contribution is -2.01. The highest BCUT2D eigenvalue weighted by molar-refractivity contribution is 7.99. The van der Waals surface area contributed by atoms with Crippen LogP contribution in [0.1, 0.15) is 12.8 Å². The molecular formula is C12H16OS. The van der Waals surface area contributed by atoms with Crippen LogP contribution in [0.4, 0.5) is 0 Å². The van der Waals surface area contributed by atoms with Crippen LogP contribution in [0.2, 0.25) is 0 Å². The number of thioether (sulfide) groups is 1. The van der Waals surface area contributed by atoms with Gasteiger partial charge in [-0.05, 0) is 30.7 Å². The van der Waals surface area contributed by atoms with Gasteiger partial charge < -0.3 is 5.11 Å². The Morgan fingerprint density at radius 3 is 2.71 bits per heavy atom. The third kappa shape index (κ3) is 4.49. The van der Waals surface area contributed by atoms with Gasteiger partial charge in [0.1, 0.15) is 0 Å². The Hall–Kier alpha value is -0.730. The zero-order valence-electron chi connectivity index (χ0n) is 8.23. The molecule has 0 aliphatic rings. The molecule has 76 valence electrons. The van der Waals surface area contributed by atoms with Gasteiger partial charge in [-0.2, -0.15) is 0 Å². The quantitative estimate of drug-likeness (QED) is 0.440. The second-order valence-electron chi connectivity index (χ2n) is 3.11. The van der Waals surface area contributed by atoms with Gasteiger partial charge in [0.15, 0.2) is 0 Å². The molecule has 0 heterocycles. The second kappa shape index (κ2) is 6.68. The maximum atomic E-state index is 9.23. The Balaban J connectivity index is 2.13. The fourth-order valence-electron chi connectivity index (χ4n) is 1.12. The molecule has 1 unspecified atom stereocenters. The number of aliphatic hydroxyl groups excluding tert-OH is 1. The van der Waals surface area contributed by atoms with Gasteiger partial charge in [0.05, 0.1) is 6.10 Å². The van der Waals surface area contributed by atoms with Gasteiger partial charge in [0.2, 0.25) is 0 Å². The normalized spacial score (nSPS) is 12.4. The highest BCUT2D eigenvalue weighted by atomic mass is 32.2. The number of hydrogen-bond acceptors (Lipinski definition) is 2. The van der Waals surface area contributed by atoms with Crippen LogP contribution >= 0.6 is 11.8 Å². The molecular weight excluding hydrogens is 192 g/mol. The van der Waals surface area contributed by atoms with Gasteiger partial charge >= 0.3 is 0 Å². The number of aliphatic hydroxyl groups is 1. The van der Waals surface area contributed by atoms with Crippen LogP contribution in [-0.4, -0.2) is 17.0 Å². The first kappa shape index (κ1) is 11.3. The fraction of sp³-hybridized carbons (Fsp3) is 0.333. The van der Waals surface area contributed by atoms with Crippen molar-refractivity contribution in [1.29, 1.82) is 0 Å². The first-order chi connectivity index (χ1) is 6.83. The Kier molecular flexibility index (Phi) is 5.42. The van der Waals surface area contributed by atoms with Crippen molar-refractivity contribution in [3.8, 4) is 0 Å². The van der Waals surface area contributed by atoms with E-state index in [0.717, 1.165) is 18.6 Å². The van der Waals surface area contributed by atoms with Gasteiger partial charge in [0, 0.05) is 4.90 Å². The molecule has 0 aromatic heterocycles. The number of rotatable bonds is 6. The summed E-state index contributed by atoms with van der Waals surface area (Å²) in [6.45, 7) is 3.54. The van der Waals surface area contributed by atoms with Crippen LogP contribution in [0, 0.1) is 0 Å². The zero-order valence-corrected chi connectivity index (χ0v) is 9.04. The van der Waals surface area contributed by atoms with E-state index >= 15 is 0 Å². The van der Waals surface area contributed by atoms with Crippen LogP contribution < -0.4 is 0 Å². The highest BCUT2D eigenvalue weighted by Crippen LogP contribution is 2.18. The van der Waals surface area contributed by atoms with Gasteiger partial charge in [-0.3, -0.25) is 0 Å². The average Bonchev–Trinajstić information content (AvgIpc) is 2.25. The van der Waals surface area contributed by atoms with E-state index in [9.17, 15) is 5.11 Å². The van der Waals surface area contributed by atoms with Crippen LogP contribution in [0.15, 0.2) is 47.9 Å². The van der Waals surface area contributed by atoms with Crippen molar-refractivity contribution in [3.63, 3.8) is 0 Å². The molecule has 0 bridgehead atoms. The molecule has 14 heavy (non-hydrogen) atoms. The van der Waals surface area contributed by atoms with Crippen molar-refractivity contribution < 1.29 is 5.11 Å². The molecule has 1 nitrogen and oxygen atoms in total. The van der Waals surface area contributed by atoms with Crippen molar-refractivity contribution in [2.45, 2.75) is 23.8 Å². The molecule has 0 aliphatic carbocycles. The number of benzene rings is 1. The molecule has 0 amide bonds. The molecule has 1 rings (SSSR count). The van der Waals surface area contributed by atoms with Crippen molar-refractivity contribution in [3.05, 3.63) is 43.0 Å². The molecule has 1 aromatic carbocycles. The van der Waals surface area contributed by atoms with E-state index in [4.69, 9.17) is 0 Å². The lowest BCUT2D eigenvalue weighted by molar-refractivity contribution is 0.212. The van der Waals surface area contributed by atoms with Gasteiger partial charge in [-0.25, -0.2) is 0 Å². The predicted molar refractivity (Wildman–Crippen MR) is 62.6 cm³/mol. The largest absolute Gasteiger partial charge is 0.389 e. The Labute approximate surface area is 89.8 Å². The summed E-state index contributed by atoms with van der Waals surface area (Å²) in [4.78, 5) is 1.29. The average molecular weight is 208 g/mol. The first-order valence-corrected chi connectivity index (χ1v) is 5.80. The molecule has 0 fully saturated rings. The monoisotopic (exact) mass is 208 g/mol. The first-order valence-electron chi connectivity index (χ1n) is 4.81. The summed E-state index contributed by atoms with van der Waals surface area (Å²) in [6, 6.07) is 10.3. The van der Waals surface area contributed by atoms with Crippen LogP contribution in [0.25, 0.3) is 0 Å². The number of hydrogen-bond donors (Lipinski definition) is 1. The summed E-state index contributed by atoms with van der Waals surface area (Å²) >= 11 is 1.83. The third-order valence-electron chi connectivity index (χ3n) is 1.93. The topological polar surface area (TPSA) is 20.2 Å². The minimum Gasteiger partial charge on any atom is -0.389 e. The minimum atomic E-state index is -0.341. The van der Waals surface area contributed by atoms with E-state index in [1.807, 2.05) is 30.0 Å². The molecule has 0 spiro atoms. The maximum Gasteiger partial charge on any atom is 0.0718 e. The SMILES string of the molecule is C=CC(O)CCCSc1ccccc1. The molecule has 0 saturated heterocycles. The smallest absolute Gasteiger partial charge is 0.0718 e. The summed E-state index contributed by atoms with van der Waals surface area (Å²) in [6.07, 6.45) is 3.08. The standard InChI is InChI=1S/C12H16OS/c1-2-11(13)7-6-10-14-12-8-4-3-5-9-12/h2-5,8-9,11,13H,1,6-7,10H2. The Bertz CT molecular complexity index is 258. The van der Waals surface area contributed by atoms with Gasteiger partial charge in [0.25, 0.3) is 0 Å². The lowest BCUT2D eigenvalue weighted by Gasteiger charge is -2.04. The Morgan fingerprint density at radius 1 is 1.36 bits per heavy atom. The predicted octanol–water partition coefficient (Wildman–Crippen LogP) is 3.11. The summed E-state index contributed by atoms with van der Waals surface area (Å²) in [5.41, 5.74) is 0.